The predicted octanol–water partition coefficient (Wildman–Crippen LogP) is 2.65. The molecule has 2 rings (SSSR count). The molecule has 0 aliphatic rings. The van der Waals surface area contributed by atoms with Crippen molar-refractivity contribution >= 4 is 5.91 Å². The predicted molar refractivity (Wildman–Crippen MR) is 93.2 cm³/mol. The second-order valence-electron chi connectivity index (χ2n) is 7.09. The monoisotopic (exact) mass is 330 g/mol. The molecule has 1 aromatic carbocycles. The van der Waals surface area contributed by atoms with Gasteiger partial charge in [0.25, 0.3) is 5.91 Å². The van der Waals surface area contributed by atoms with Crippen LogP contribution >= 0.6 is 0 Å². The Hall–Kier alpha value is -2.37. The van der Waals surface area contributed by atoms with Crippen LogP contribution < -0.4 is 10.1 Å². The highest BCUT2D eigenvalue weighted by molar-refractivity contribution is 5.91. The van der Waals surface area contributed by atoms with Gasteiger partial charge in [0.1, 0.15) is 5.75 Å². The SMILES string of the molecule is COc1ccc(CC(C)CNC(=O)c2cn(C(C)(C)C)nn2)cc1. The van der Waals surface area contributed by atoms with Crippen molar-refractivity contribution in [2.75, 3.05) is 13.7 Å². The third-order valence-corrected chi connectivity index (χ3v) is 3.77. The molecule has 1 N–H and O–H groups in total. The molecule has 0 spiro atoms. The fourth-order valence-electron chi connectivity index (χ4n) is 2.29. The first-order chi connectivity index (χ1) is 11.3. The van der Waals surface area contributed by atoms with Gasteiger partial charge in [0.05, 0.1) is 18.8 Å². The summed E-state index contributed by atoms with van der Waals surface area (Å²) in [6.07, 6.45) is 2.57. The zero-order valence-electron chi connectivity index (χ0n) is 15.0. The largest absolute Gasteiger partial charge is 0.497 e. The van der Waals surface area contributed by atoms with Crippen LogP contribution in [0.25, 0.3) is 0 Å². The summed E-state index contributed by atoms with van der Waals surface area (Å²) in [6, 6.07) is 8.00. The summed E-state index contributed by atoms with van der Waals surface area (Å²) in [6.45, 7) is 8.74. The lowest BCUT2D eigenvalue weighted by atomic mass is 10.0. The van der Waals surface area contributed by atoms with Crippen molar-refractivity contribution < 1.29 is 9.53 Å². The maximum atomic E-state index is 12.2. The van der Waals surface area contributed by atoms with Crippen LogP contribution in [0.5, 0.6) is 5.75 Å². The minimum absolute atomic E-state index is 0.187. The van der Waals surface area contributed by atoms with Gasteiger partial charge in [-0.3, -0.25) is 4.79 Å². The van der Waals surface area contributed by atoms with E-state index in [1.807, 2.05) is 45.0 Å². The van der Waals surface area contributed by atoms with Crippen LogP contribution in [-0.2, 0) is 12.0 Å². The molecule has 1 unspecified atom stereocenters. The first-order valence-corrected chi connectivity index (χ1v) is 8.13. The second-order valence-corrected chi connectivity index (χ2v) is 7.09. The van der Waals surface area contributed by atoms with E-state index in [0.29, 0.717) is 18.2 Å². The number of methoxy groups -OCH3 is 1. The highest BCUT2D eigenvalue weighted by Gasteiger charge is 2.18. The number of nitrogens with one attached hydrogen (secondary N) is 1. The van der Waals surface area contributed by atoms with E-state index in [2.05, 4.69) is 22.6 Å². The molecule has 1 amide bonds. The van der Waals surface area contributed by atoms with Gasteiger partial charge in [0.15, 0.2) is 5.69 Å². The fourth-order valence-corrected chi connectivity index (χ4v) is 2.29. The Morgan fingerprint density at radius 2 is 1.96 bits per heavy atom. The van der Waals surface area contributed by atoms with E-state index in [-0.39, 0.29) is 11.4 Å². The van der Waals surface area contributed by atoms with Gasteiger partial charge in [-0.15, -0.1) is 5.10 Å². The maximum Gasteiger partial charge on any atom is 0.273 e. The van der Waals surface area contributed by atoms with Crippen molar-refractivity contribution in [3.05, 3.63) is 41.7 Å². The first kappa shape index (κ1) is 18.0. The topological polar surface area (TPSA) is 69.0 Å². The summed E-state index contributed by atoms with van der Waals surface area (Å²) in [7, 11) is 1.66. The Morgan fingerprint density at radius 3 is 2.50 bits per heavy atom. The number of benzene rings is 1. The lowest BCUT2D eigenvalue weighted by Crippen LogP contribution is -2.29. The molecule has 0 radical (unpaired) electrons. The zero-order chi connectivity index (χ0) is 17.7. The normalized spacial score (nSPS) is 12.7. The van der Waals surface area contributed by atoms with E-state index in [1.165, 1.54) is 5.56 Å². The Kier molecular flexibility index (Phi) is 5.59. The molecule has 0 saturated heterocycles. The molecule has 6 heteroatoms. The number of hydrogen-bond acceptors (Lipinski definition) is 4. The summed E-state index contributed by atoms with van der Waals surface area (Å²) in [5, 5.41) is 10.9. The van der Waals surface area contributed by atoms with Crippen molar-refractivity contribution in [1.29, 1.82) is 0 Å². The molecule has 2 aromatic rings. The van der Waals surface area contributed by atoms with Gasteiger partial charge >= 0.3 is 0 Å². The van der Waals surface area contributed by atoms with Crippen LogP contribution in [-0.4, -0.2) is 34.6 Å². The molecule has 130 valence electrons. The summed E-state index contributed by atoms with van der Waals surface area (Å²) in [4.78, 5) is 12.2. The number of amides is 1. The minimum Gasteiger partial charge on any atom is -0.497 e. The highest BCUT2D eigenvalue weighted by Crippen LogP contribution is 2.15. The van der Waals surface area contributed by atoms with Gasteiger partial charge < -0.3 is 10.1 Å². The fraction of sp³-hybridized carbons (Fsp3) is 0.500. The molecular weight excluding hydrogens is 304 g/mol. The van der Waals surface area contributed by atoms with Crippen molar-refractivity contribution in [3.8, 4) is 5.75 Å². The molecule has 24 heavy (non-hydrogen) atoms. The van der Waals surface area contributed by atoms with Gasteiger partial charge in [-0.2, -0.15) is 0 Å². The quantitative estimate of drug-likeness (QED) is 0.884. The third kappa shape index (κ3) is 4.81. The molecule has 1 atom stereocenters. The Labute approximate surface area is 143 Å². The van der Waals surface area contributed by atoms with Crippen LogP contribution in [0.2, 0.25) is 0 Å². The van der Waals surface area contributed by atoms with Crippen LogP contribution in [0, 0.1) is 5.92 Å². The standard InChI is InChI=1S/C18H26N4O2/c1-13(10-14-6-8-15(24-5)9-7-14)11-19-17(23)16-12-22(21-20-16)18(2,3)4/h6-9,12-13H,10-11H2,1-5H3,(H,19,23). The minimum atomic E-state index is -0.188. The van der Waals surface area contributed by atoms with Crippen LogP contribution in [0.15, 0.2) is 30.5 Å². The van der Waals surface area contributed by atoms with Crippen LogP contribution in [0.1, 0.15) is 43.7 Å². The summed E-state index contributed by atoms with van der Waals surface area (Å²) < 4.78 is 6.85. The van der Waals surface area contributed by atoms with Crippen molar-refractivity contribution in [3.63, 3.8) is 0 Å². The van der Waals surface area contributed by atoms with Crippen molar-refractivity contribution in [1.82, 2.24) is 20.3 Å². The maximum absolute atomic E-state index is 12.2. The number of carbonyl (C=O) groups is 1. The molecule has 0 aliphatic carbocycles. The molecule has 6 nitrogen and oxygen atoms in total. The Balaban J connectivity index is 1.85. The smallest absolute Gasteiger partial charge is 0.273 e. The molecule has 0 bridgehead atoms. The number of aromatic nitrogens is 3. The Morgan fingerprint density at radius 1 is 1.29 bits per heavy atom. The molecule has 0 fully saturated rings. The lowest BCUT2D eigenvalue weighted by Gasteiger charge is -2.17. The molecule has 0 aliphatic heterocycles. The lowest BCUT2D eigenvalue weighted by molar-refractivity contribution is 0.0943. The van der Waals surface area contributed by atoms with Crippen LogP contribution in [0.4, 0.5) is 0 Å². The zero-order valence-corrected chi connectivity index (χ0v) is 15.0. The summed E-state index contributed by atoms with van der Waals surface area (Å²) in [5.41, 5.74) is 1.38. The van der Waals surface area contributed by atoms with Gasteiger partial charge in [-0.05, 0) is 50.8 Å². The van der Waals surface area contributed by atoms with E-state index < -0.39 is 0 Å². The average Bonchev–Trinajstić information content (AvgIpc) is 3.03. The number of rotatable bonds is 6. The number of nitrogens with zero attached hydrogens (tertiary/aromatic N) is 3. The second kappa shape index (κ2) is 7.47. The highest BCUT2D eigenvalue weighted by atomic mass is 16.5. The van der Waals surface area contributed by atoms with Gasteiger partial charge in [0, 0.05) is 6.54 Å². The average molecular weight is 330 g/mol. The van der Waals surface area contributed by atoms with E-state index in [0.717, 1.165) is 12.2 Å². The van der Waals surface area contributed by atoms with Gasteiger partial charge in [0.2, 0.25) is 0 Å². The molecular formula is C18H26N4O2. The molecule has 0 saturated carbocycles. The summed E-state index contributed by atoms with van der Waals surface area (Å²) in [5.74, 6) is 0.980. The van der Waals surface area contributed by atoms with E-state index in [1.54, 1.807) is 18.0 Å². The third-order valence-electron chi connectivity index (χ3n) is 3.77. The van der Waals surface area contributed by atoms with E-state index >= 15 is 0 Å². The molecule has 1 heterocycles. The van der Waals surface area contributed by atoms with Gasteiger partial charge in [-0.1, -0.05) is 24.3 Å². The molecule has 1 aromatic heterocycles. The van der Waals surface area contributed by atoms with Gasteiger partial charge in [-0.25, -0.2) is 4.68 Å². The van der Waals surface area contributed by atoms with E-state index in [4.69, 9.17) is 4.74 Å². The number of carbonyl (C=O) groups excluding carboxylic acids is 1. The van der Waals surface area contributed by atoms with Crippen molar-refractivity contribution in [2.24, 2.45) is 5.92 Å². The van der Waals surface area contributed by atoms with Crippen LogP contribution in [0.3, 0.4) is 0 Å². The number of hydrogen-bond donors (Lipinski definition) is 1. The number of ether oxygens (including phenoxy) is 1. The van der Waals surface area contributed by atoms with Crippen molar-refractivity contribution in [2.45, 2.75) is 39.7 Å². The van der Waals surface area contributed by atoms with E-state index in [9.17, 15) is 4.79 Å². The summed E-state index contributed by atoms with van der Waals surface area (Å²) >= 11 is 0. The first-order valence-electron chi connectivity index (χ1n) is 8.13. The Bertz CT molecular complexity index is 671.